The molecule has 0 unspecified atom stereocenters. The van der Waals surface area contributed by atoms with Gasteiger partial charge in [-0.2, -0.15) is 0 Å². The van der Waals surface area contributed by atoms with Crippen LogP contribution in [-0.4, -0.2) is 53.5 Å². The van der Waals surface area contributed by atoms with Crippen molar-refractivity contribution in [2.75, 3.05) is 24.8 Å². The highest BCUT2D eigenvalue weighted by Crippen LogP contribution is 2.33. The van der Waals surface area contributed by atoms with Gasteiger partial charge in [0, 0.05) is 67.6 Å². The van der Waals surface area contributed by atoms with Crippen LogP contribution < -0.4 is 16.0 Å². The Morgan fingerprint density at radius 3 is 2.53 bits per heavy atom. The maximum absolute atomic E-state index is 13.5. The number of anilines is 1. The first-order chi connectivity index (χ1) is 21.5. The summed E-state index contributed by atoms with van der Waals surface area (Å²) in [6.07, 6.45) is 3.92. The molecule has 45 heavy (non-hydrogen) atoms. The molecular formula is C32H33Cl2F2N5O4. The largest absolute Gasteiger partial charge is 0.479 e. The number of carbonyl (C=O) groups excluding carboxylic acids is 2. The van der Waals surface area contributed by atoms with E-state index in [0.29, 0.717) is 38.5 Å². The van der Waals surface area contributed by atoms with Gasteiger partial charge in [-0.3, -0.25) is 24.5 Å². The van der Waals surface area contributed by atoms with Crippen molar-refractivity contribution in [1.82, 2.24) is 10.3 Å². The summed E-state index contributed by atoms with van der Waals surface area (Å²) in [5, 5.41) is 13.3. The molecule has 0 radical (unpaired) electrons. The van der Waals surface area contributed by atoms with Crippen molar-refractivity contribution in [3.63, 3.8) is 0 Å². The number of hydrogen-bond donors (Lipinski definition) is 3. The van der Waals surface area contributed by atoms with E-state index in [1.807, 2.05) is 6.07 Å². The zero-order valence-electron chi connectivity index (χ0n) is 24.5. The van der Waals surface area contributed by atoms with Crippen LogP contribution in [-0.2, 0) is 26.7 Å². The highest BCUT2D eigenvalue weighted by molar-refractivity contribution is 6.42. The Balaban J connectivity index is 1.45. The standard InChI is InChI=1S/C32H33Cl2F2N5O4/c1-32(35,36)22-8-6-20(7-9-22)16-27(30(37)44)40-28(43)5-3-15-45-31-24(12-14-42)29(21-4-2-13-38-18-21)39-19-41(31)23-10-11-25(33)26(34)17-23/h2,4,6-11,13,17-18,27,42H,3,5,12,14-16,19H2,1H3,(H2,37,44)(H,40,43)/t27-/m0/s1. The van der Waals surface area contributed by atoms with E-state index in [-0.39, 0.29) is 51.1 Å². The van der Waals surface area contributed by atoms with Crippen molar-refractivity contribution in [2.45, 2.75) is 44.6 Å². The van der Waals surface area contributed by atoms with Crippen molar-refractivity contribution in [3.05, 3.63) is 105 Å². The SMILES string of the molecule is CC(F)(F)c1ccc(C[C@H](NC(=O)CCCOC2=C(CCO)C(c3cccnc3)=NCN2c2ccc(Cl)c(Cl)c2)C(N)=O)cc1. The van der Waals surface area contributed by atoms with Gasteiger partial charge < -0.3 is 20.9 Å². The topological polar surface area (TPSA) is 130 Å². The highest BCUT2D eigenvalue weighted by atomic mass is 35.5. The normalized spacial score (nSPS) is 14.2. The van der Waals surface area contributed by atoms with Gasteiger partial charge in [0.1, 0.15) is 12.7 Å². The molecule has 0 aliphatic carbocycles. The fraction of sp³-hybridized carbons (Fsp3) is 0.312. The lowest BCUT2D eigenvalue weighted by Gasteiger charge is -2.32. The molecule has 0 spiro atoms. The number of ether oxygens (including phenoxy) is 1. The highest BCUT2D eigenvalue weighted by Gasteiger charge is 2.28. The molecule has 238 valence electrons. The number of primary amides is 1. The number of alkyl halides is 2. The van der Waals surface area contributed by atoms with Gasteiger partial charge in [0.15, 0.2) is 0 Å². The third kappa shape index (κ3) is 9.00. The molecule has 0 fully saturated rings. The van der Waals surface area contributed by atoms with Crippen molar-refractivity contribution in [2.24, 2.45) is 10.7 Å². The number of benzene rings is 2. The molecule has 13 heteroatoms. The second-order valence-corrected chi connectivity index (χ2v) is 11.3. The number of nitrogens with two attached hydrogens (primary N) is 1. The van der Waals surface area contributed by atoms with Crippen molar-refractivity contribution < 1.29 is 28.2 Å². The molecule has 3 aromatic rings. The summed E-state index contributed by atoms with van der Waals surface area (Å²) < 4.78 is 33.3. The second-order valence-electron chi connectivity index (χ2n) is 10.4. The summed E-state index contributed by atoms with van der Waals surface area (Å²) in [7, 11) is 0. The zero-order valence-corrected chi connectivity index (χ0v) is 26.0. The lowest BCUT2D eigenvalue weighted by molar-refractivity contribution is -0.127. The summed E-state index contributed by atoms with van der Waals surface area (Å²) in [4.78, 5) is 35.6. The van der Waals surface area contributed by atoms with Gasteiger partial charge in [0.2, 0.25) is 17.7 Å². The molecule has 0 saturated carbocycles. The first kappa shape index (κ1) is 33.8. The number of aromatic nitrogens is 1. The number of aliphatic imine (C=N–C) groups is 1. The minimum atomic E-state index is -2.99. The zero-order chi connectivity index (χ0) is 32.6. The summed E-state index contributed by atoms with van der Waals surface area (Å²) in [6.45, 7) is 0.930. The smallest absolute Gasteiger partial charge is 0.270 e. The number of aliphatic hydroxyl groups is 1. The van der Waals surface area contributed by atoms with E-state index < -0.39 is 23.8 Å². The molecule has 2 amide bonds. The molecule has 4 rings (SSSR count). The van der Waals surface area contributed by atoms with Gasteiger partial charge >= 0.3 is 0 Å². The number of carbonyl (C=O) groups is 2. The lowest BCUT2D eigenvalue weighted by Crippen LogP contribution is -2.45. The van der Waals surface area contributed by atoms with Crippen LogP contribution in [0.1, 0.15) is 42.9 Å². The van der Waals surface area contributed by atoms with E-state index in [1.54, 1.807) is 41.6 Å². The van der Waals surface area contributed by atoms with Crippen LogP contribution in [0.3, 0.4) is 0 Å². The predicted octanol–water partition coefficient (Wildman–Crippen LogP) is 5.37. The van der Waals surface area contributed by atoms with Crippen LogP contribution in [0.4, 0.5) is 14.5 Å². The third-order valence-electron chi connectivity index (χ3n) is 7.04. The van der Waals surface area contributed by atoms with Gasteiger partial charge in [0.05, 0.1) is 22.4 Å². The predicted molar refractivity (Wildman–Crippen MR) is 169 cm³/mol. The van der Waals surface area contributed by atoms with Crippen molar-refractivity contribution in [1.29, 1.82) is 0 Å². The first-order valence-corrected chi connectivity index (χ1v) is 14.9. The van der Waals surface area contributed by atoms with Gasteiger partial charge in [0.25, 0.3) is 5.92 Å². The number of aliphatic hydroxyl groups excluding tert-OH is 1. The minimum absolute atomic E-state index is 0.0176. The number of halogens is 4. The Morgan fingerprint density at radius 2 is 1.91 bits per heavy atom. The van der Waals surface area contributed by atoms with E-state index >= 15 is 0 Å². The van der Waals surface area contributed by atoms with Crippen LogP contribution in [0.25, 0.3) is 0 Å². The van der Waals surface area contributed by atoms with Crippen LogP contribution in [0.15, 0.2) is 83.4 Å². The molecule has 0 bridgehead atoms. The Kier molecular flexibility index (Phi) is 11.5. The molecule has 4 N–H and O–H groups in total. The van der Waals surface area contributed by atoms with Crippen molar-refractivity contribution >= 4 is 46.4 Å². The van der Waals surface area contributed by atoms with E-state index in [2.05, 4.69) is 10.3 Å². The molecule has 0 saturated heterocycles. The van der Waals surface area contributed by atoms with Crippen LogP contribution in [0.2, 0.25) is 10.0 Å². The van der Waals surface area contributed by atoms with E-state index in [4.69, 9.17) is 38.7 Å². The first-order valence-electron chi connectivity index (χ1n) is 14.2. The summed E-state index contributed by atoms with van der Waals surface area (Å²) in [5.41, 5.74) is 8.63. The van der Waals surface area contributed by atoms with Crippen LogP contribution in [0.5, 0.6) is 0 Å². The number of hydrogen-bond acceptors (Lipinski definition) is 7. The second kappa shape index (κ2) is 15.3. The lowest BCUT2D eigenvalue weighted by atomic mass is 10.00. The quantitative estimate of drug-likeness (QED) is 0.200. The van der Waals surface area contributed by atoms with Gasteiger partial charge in [-0.05, 0) is 42.3 Å². The molecule has 2 aromatic carbocycles. The Morgan fingerprint density at radius 1 is 1.16 bits per heavy atom. The average Bonchev–Trinajstić information content (AvgIpc) is 3.01. The monoisotopic (exact) mass is 659 g/mol. The molecule has 1 aliphatic heterocycles. The maximum atomic E-state index is 13.5. The van der Waals surface area contributed by atoms with Gasteiger partial charge in [-0.1, -0.05) is 47.5 Å². The number of amides is 2. The maximum Gasteiger partial charge on any atom is 0.270 e. The number of nitrogens with one attached hydrogen (secondary N) is 1. The summed E-state index contributed by atoms with van der Waals surface area (Å²) in [6, 6.07) is 13.3. The fourth-order valence-corrected chi connectivity index (χ4v) is 5.04. The molecule has 1 atom stereocenters. The molecule has 2 heterocycles. The fourth-order valence-electron chi connectivity index (χ4n) is 4.75. The number of rotatable bonds is 14. The Bertz CT molecular complexity index is 1560. The average molecular weight is 661 g/mol. The van der Waals surface area contributed by atoms with Crippen LogP contribution in [0, 0.1) is 0 Å². The molecule has 1 aliphatic rings. The number of pyridine rings is 1. The Labute approximate surface area is 269 Å². The molecule has 1 aromatic heterocycles. The summed E-state index contributed by atoms with van der Waals surface area (Å²) >= 11 is 12.4. The van der Waals surface area contributed by atoms with Crippen LogP contribution >= 0.6 is 23.2 Å². The van der Waals surface area contributed by atoms with Crippen molar-refractivity contribution in [3.8, 4) is 0 Å². The van der Waals surface area contributed by atoms with E-state index in [9.17, 15) is 23.5 Å². The number of nitrogens with zero attached hydrogens (tertiary/aromatic N) is 3. The minimum Gasteiger partial charge on any atom is -0.479 e. The summed E-state index contributed by atoms with van der Waals surface area (Å²) in [5.74, 6) is -3.72. The van der Waals surface area contributed by atoms with E-state index in [0.717, 1.165) is 12.5 Å². The van der Waals surface area contributed by atoms with E-state index in [1.165, 1.54) is 24.3 Å². The third-order valence-corrected chi connectivity index (χ3v) is 7.78. The van der Waals surface area contributed by atoms with Gasteiger partial charge in [-0.15, -0.1) is 0 Å². The molecular weight excluding hydrogens is 627 g/mol. The Hall–Kier alpha value is -4.06. The van der Waals surface area contributed by atoms with Gasteiger partial charge in [-0.25, -0.2) is 8.78 Å². The molecule has 9 nitrogen and oxygen atoms in total.